The van der Waals surface area contributed by atoms with Gasteiger partial charge in [-0.3, -0.25) is 29.4 Å². The van der Waals surface area contributed by atoms with E-state index in [9.17, 15) is 9.59 Å². The van der Waals surface area contributed by atoms with Crippen LogP contribution in [-0.2, 0) is 9.59 Å². The number of rotatable bonds is 15. The number of amidine groups is 2. The molecule has 2 aliphatic heterocycles. The van der Waals surface area contributed by atoms with E-state index in [4.69, 9.17) is 9.98 Å². The average molecular weight is 701 g/mol. The highest BCUT2D eigenvalue weighted by molar-refractivity contribution is 8.14. The van der Waals surface area contributed by atoms with Crippen LogP contribution < -0.4 is 9.80 Å². The molecule has 2 amide bonds. The minimum Gasteiger partial charge on any atom is -0.266 e. The third kappa shape index (κ3) is 9.46. The van der Waals surface area contributed by atoms with Crippen LogP contribution in [0.3, 0.4) is 0 Å². The van der Waals surface area contributed by atoms with Crippen molar-refractivity contribution in [3.05, 3.63) is 132 Å². The first-order valence-electron chi connectivity index (χ1n) is 17.1. The van der Waals surface area contributed by atoms with E-state index in [1.165, 1.54) is 25.7 Å². The molecule has 0 N–H and O–H groups in total. The number of aromatic nitrogens is 2. The topological polar surface area (TPSA) is 91.1 Å². The molecule has 0 atom stereocenters. The van der Waals surface area contributed by atoms with Gasteiger partial charge in [-0.05, 0) is 72.5 Å². The van der Waals surface area contributed by atoms with E-state index >= 15 is 0 Å². The lowest BCUT2D eigenvalue weighted by Crippen LogP contribution is -2.30. The van der Waals surface area contributed by atoms with Gasteiger partial charge in [-0.2, -0.15) is 0 Å². The molecule has 50 heavy (non-hydrogen) atoms. The predicted molar refractivity (Wildman–Crippen MR) is 209 cm³/mol. The Morgan fingerprint density at radius 2 is 0.900 bits per heavy atom. The lowest BCUT2D eigenvalue weighted by Gasteiger charge is -2.17. The number of anilines is 2. The molecule has 0 radical (unpaired) electrons. The molecule has 0 aliphatic carbocycles. The van der Waals surface area contributed by atoms with Gasteiger partial charge in [0.15, 0.2) is 10.3 Å². The van der Waals surface area contributed by atoms with Gasteiger partial charge in [0.2, 0.25) is 0 Å². The summed E-state index contributed by atoms with van der Waals surface area (Å²) < 4.78 is 0. The molecule has 4 aromatic rings. The van der Waals surface area contributed by atoms with Crippen molar-refractivity contribution in [3.8, 4) is 0 Å². The summed E-state index contributed by atoms with van der Waals surface area (Å²) in [6.45, 7) is 0. The van der Waals surface area contributed by atoms with Crippen molar-refractivity contribution in [1.82, 2.24) is 9.97 Å². The maximum Gasteiger partial charge on any atom is 0.283 e. The van der Waals surface area contributed by atoms with Gasteiger partial charge in [-0.1, -0.05) is 111 Å². The van der Waals surface area contributed by atoms with Crippen molar-refractivity contribution in [2.45, 2.75) is 51.4 Å². The fourth-order valence-corrected chi connectivity index (χ4v) is 7.65. The summed E-state index contributed by atoms with van der Waals surface area (Å²) in [7, 11) is 0. The molecule has 0 unspecified atom stereocenters. The van der Waals surface area contributed by atoms with Crippen molar-refractivity contribution < 1.29 is 9.59 Å². The summed E-state index contributed by atoms with van der Waals surface area (Å²) in [6, 6.07) is 27.0. The number of carbonyl (C=O) groups excluding carboxylic acids is 2. The smallest absolute Gasteiger partial charge is 0.266 e. The quantitative estimate of drug-likeness (QED) is 0.0907. The summed E-state index contributed by atoms with van der Waals surface area (Å²) in [4.78, 5) is 47.9. The second-order valence-electron chi connectivity index (χ2n) is 11.9. The number of amides is 2. The SMILES string of the molecule is O=C1/C(=C\c2cccnc2)N=C(SCCCCCCCCCCSC2=N/C(=C/c3cccnc3)C(=O)N2c2ccccc2)N1c1ccccc1. The lowest BCUT2D eigenvalue weighted by molar-refractivity contribution is -0.114. The third-order valence-corrected chi connectivity index (χ3v) is 10.2. The molecule has 254 valence electrons. The van der Waals surface area contributed by atoms with Crippen molar-refractivity contribution >= 4 is 69.2 Å². The van der Waals surface area contributed by atoms with Crippen LogP contribution in [0.2, 0.25) is 0 Å². The molecule has 0 spiro atoms. The molecule has 6 rings (SSSR count). The van der Waals surface area contributed by atoms with E-state index in [0.29, 0.717) is 11.4 Å². The molecule has 4 heterocycles. The highest BCUT2D eigenvalue weighted by Gasteiger charge is 2.33. The van der Waals surface area contributed by atoms with Gasteiger partial charge in [-0.25, -0.2) is 9.98 Å². The standard InChI is InChI=1S/C40H40N6O2S2/c47-37-35(27-31-17-15-23-41-29-31)43-39(45(37)33-19-9-7-10-20-33)49-25-13-5-3-1-2-4-6-14-26-50-40-44-36(28-32-18-16-24-42-30-32)38(48)46(40)34-21-11-8-12-22-34/h7-12,15-24,27-30H,1-6,13-14,25-26H2/b35-27+,36-28+. The van der Waals surface area contributed by atoms with Crippen molar-refractivity contribution in [1.29, 1.82) is 0 Å². The second kappa shape index (κ2) is 18.3. The van der Waals surface area contributed by atoms with E-state index in [2.05, 4.69) is 9.97 Å². The van der Waals surface area contributed by atoms with Gasteiger partial charge in [0.05, 0.1) is 11.4 Å². The van der Waals surface area contributed by atoms with Crippen molar-refractivity contribution in [3.63, 3.8) is 0 Å². The third-order valence-electron chi connectivity index (χ3n) is 8.16. The van der Waals surface area contributed by atoms with Crippen LogP contribution in [0, 0.1) is 0 Å². The number of para-hydroxylation sites is 2. The van der Waals surface area contributed by atoms with E-state index in [1.54, 1.807) is 70.3 Å². The Bertz CT molecular complexity index is 1710. The van der Waals surface area contributed by atoms with Crippen LogP contribution in [0.1, 0.15) is 62.5 Å². The zero-order valence-electron chi connectivity index (χ0n) is 27.9. The molecule has 0 bridgehead atoms. The lowest BCUT2D eigenvalue weighted by atomic mass is 10.1. The Morgan fingerprint density at radius 3 is 1.28 bits per heavy atom. The summed E-state index contributed by atoms with van der Waals surface area (Å²) in [5.41, 5.74) is 4.24. The molecule has 0 fully saturated rings. The van der Waals surface area contributed by atoms with Gasteiger partial charge in [-0.15, -0.1) is 0 Å². The van der Waals surface area contributed by atoms with Crippen LogP contribution >= 0.6 is 23.5 Å². The van der Waals surface area contributed by atoms with E-state index in [0.717, 1.165) is 70.0 Å². The summed E-state index contributed by atoms with van der Waals surface area (Å²) in [6.07, 6.45) is 19.8. The number of hydrogen-bond donors (Lipinski definition) is 0. The predicted octanol–water partition coefficient (Wildman–Crippen LogP) is 9.25. The highest BCUT2D eigenvalue weighted by atomic mass is 32.2. The molecule has 0 saturated carbocycles. The van der Waals surface area contributed by atoms with Crippen LogP contribution in [-0.4, -0.2) is 43.6 Å². The fraction of sp³-hybridized carbons (Fsp3) is 0.250. The normalized spacial score (nSPS) is 16.1. The van der Waals surface area contributed by atoms with Gasteiger partial charge in [0, 0.05) is 36.3 Å². The van der Waals surface area contributed by atoms with Crippen LogP contribution in [0.25, 0.3) is 12.2 Å². The average Bonchev–Trinajstić information content (AvgIpc) is 3.63. The maximum absolute atomic E-state index is 13.3. The number of hydrogen-bond acceptors (Lipinski definition) is 8. The molecular formula is C40H40N6O2S2. The monoisotopic (exact) mass is 700 g/mol. The van der Waals surface area contributed by atoms with Gasteiger partial charge >= 0.3 is 0 Å². The van der Waals surface area contributed by atoms with Crippen LogP contribution in [0.5, 0.6) is 0 Å². The van der Waals surface area contributed by atoms with E-state index in [-0.39, 0.29) is 11.8 Å². The Morgan fingerprint density at radius 1 is 0.500 bits per heavy atom. The number of benzene rings is 2. The molecule has 2 aromatic carbocycles. The van der Waals surface area contributed by atoms with E-state index < -0.39 is 0 Å². The number of pyridine rings is 2. The van der Waals surface area contributed by atoms with Gasteiger partial charge < -0.3 is 0 Å². The Balaban J connectivity index is 0.898. The zero-order chi connectivity index (χ0) is 34.4. The zero-order valence-corrected chi connectivity index (χ0v) is 29.6. The number of unbranched alkanes of at least 4 members (excludes halogenated alkanes) is 7. The molecular weight excluding hydrogens is 661 g/mol. The first kappa shape index (κ1) is 35.0. The van der Waals surface area contributed by atoms with Crippen molar-refractivity contribution in [2.24, 2.45) is 9.98 Å². The van der Waals surface area contributed by atoms with Crippen LogP contribution in [0.15, 0.2) is 131 Å². The number of carbonyl (C=O) groups is 2. The second-order valence-corrected chi connectivity index (χ2v) is 14.0. The minimum absolute atomic E-state index is 0.110. The first-order chi connectivity index (χ1) is 24.7. The molecule has 10 heteroatoms. The maximum atomic E-state index is 13.3. The molecule has 2 aromatic heterocycles. The Kier molecular flexibility index (Phi) is 12.8. The largest absolute Gasteiger partial charge is 0.283 e. The van der Waals surface area contributed by atoms with Crippen LogP contribution in [0.4, 0.5) is 11.4 Å². The van der Waals surface area contributed by atoms with Gasteiger partial charge in [0.1, 0.15) is 11.4 Å². The minimum atomic E-state index is -0.110. The molecule has 8 nitrogen and oxygen atoms in total. The molecule has 2 aliphatic rings. The summed E-state index contributed by atoms with van der Waals surface area (Å²) >= 11 is 3.30. The Hall–Kier alpha value is -4.80. The highest BCUT2D eigenvalue weighted by Crippen LogP contribution is 2.31. The Labute approximate surface area is 302 Å². The van der Waals surface area contributed by atoms with E-state index in [1.807, 2.05) is 84.9 Å². The number of nitrogens with zero attached hydrogens (tertiary/aromatic N) is 6. The van der Waals surface area contributed by atoms with Gasteiger partial charge in [0.25, 0.3) is 11.8 Å². The number of aliphatic imine (C=N–C) groups is 2. The first-order valence-corrected chi connectivity index (χ1v) is 19.1. The van der Waals surface area contributed by atoms with Crippen molar-refractivity contribution in [2.75, 3.05) is 21.3 Å². The summed E-state index contributed by atoms with van der Waals surface area (Å²) in [5, 5.41) is 1.46. The molecule has 0 saturated heterocycles. The number of thioether (sulfide) groups is 2. The fourth-order valence-electron chi connectivity index (χ4n) is 5.63. The summed E-state index contributed by atoms with van der Waals surface area (Å²) in [5.74, 6) is 1.61.